The average Bonchev–Trinajstić information content (AvgIpc) is 2.42. The molecule has 0 bridgehead atoms. The van der Waals surface area contributed by atoms with Crippen molar-refractivity contribution < 1.29 is 20.1 Å². The van der Waals surface area contributed by atoms with Gasteiger partial charge in [-0.15, -0.1) is 0 Å². The fourth-order valence-electron chi connectivity index (χ4n) is 1.60. The molecule has 1 rings (SSSR count). The van der Waals surface area contributed by atoms with E-state index in [4.69, 9.17) is 4.74 Å². The van der Waals surface area contributed by atoms with Crippen LogP contribution in [0.15, 0.2) is 0 Å². The summed E-state index contributed by atoms with van der Waals surface area (Å²) >= 11 is 0. The van der Waals surface area contributed by atoms with E-state index in [1.807, 2.05) is 11.8 Å². The summed E-state index contributed by atoms with van der Waals surface area (Å²) < 4.78 is 5.06. The molecule has 84 valence electrons. The lowest BCUT2D eigenvalue weighted by molar-refractivity contribution is 0.0229. The lowest BCUT2D eigenvalue weighted by Crippen LogP contribution is -2.34. The largest absolute Gasteiger partial charge is 0.389 e. The molecular weight excluding hydrogens is 186 g/mol. The van der Waals surface area contributed by atoms with Crippen molar-refractivity contribution in [3.05, 3.63) is 0 Å². The summed E-state index contributed by atoms with van der Waals surface area (Å²) in [6, 6.07) is 0. The molecule has 0 aromatic heterocycles. The third-order valence-corrected chi connectivity index (χ3v) is 2.32. The van der Waals surface area contributed by atoms with Crippen molar-refractivity contribution in [1.29, 1.82) is 0 Å². The number of hydrogen-bond acceptors (Lipinski definition) is 5. The number of hydrogen-bond donors (Lipinski definition) is 3. The van der Waals surface area contributed by atoms with Crippen LogP contribution in [0.4, 0.5) is 0 Å². The minimum absolute atomic E-state index is 0.305. The maximum atomic E-state index is 9.48. The van der Waals surface area contributed by atoms with Gasteiger partial charge in [-0.25, -0.2) is 0 Å². The molecule has 1 aliphatic heterocycles. The van der Waals surface area contributed by atoms with Crippen LogP contribution in [-0.4, -0.2) is 71.4 Å². The van der Waals surface area contributed by atoms with Crippen LogP contribution in [0.3, 0.4) is 0 Å². The Morgan fingerprint density at radius 3 is 2.43 bits per heavy atom. The molecule has 1 fully saturated rings. The van der Waals surface area contributed by atoms with E-state index in [0.29, 0.717) is 32.8 Å². The predicted octanol–water partition coefficient (Wildman–Crippen LogP) is -1.58. The van der Waals surface area contributed by atoms with E-state index in [1.54, 1.807) is 0 Å². The number of nitrogens with zero attached hydrogens (tertiary/aromatic N) is 1. The highest BCUT2D eigenvalue weighted by Crippen LogP contribution is 2.10. The number of ether oxygens (including phenoxy) is 1. The minimum atomic E-state index is -0.686. The predicted molar refractivity (Wildman–Crippen MR) is 51.0 cm³/mol. The molecule has 5 nitrogen and oxygen atoms in total. The smallest absolute Gasteiger partial charge is 0.0938 e. The Morgan fingerprint density at radius 2 is 1.93 bits per heavy atom. The van der Waals surface area contributed by atoms with Crippen molar-refractivity contribution in [1.82, 2.24) is 4.90 Å². The van der Waals surface area contributed by atoms with Crippen LogP contribution in [0.5, 0.6) is 0 Å². The van der Waals surface area contributed by atoms with E-state index < -0.39 is 18.3 Å². The third kappa shape index (κ3) is 3.51. The molecule has 0 aromatic rings. The molecule has 5 heteroatoms. The maximum absolute atomic E-state index is 9.48. The van der Waals surface area contributed by atoms with Crippen molar-refractivity contribution in [2.45, 2.75) is 25.2 Å². The fraction of sp³-hybridized carbons (Fsp3) is 1.00. The Balaban J connectivity index is 2.18. The summed E-state index contributed by atoms with van der Waals surface area (Å²) in [5, 5.41) is 28.0. The minimum Gasteiger partial charge on any atom is -0.389 e. The standard InChI is InChI=1S/C9H19NO4/c1-2-14-6-7(11)3-10-4-8(12)9(13)5-10/h7-9,11-13H,2-6H2,1H3/t7?,8-,9+. The summed E-state index contributed by atoms with van der Waals surface area (Å²) in [6.07, 6.45) is -1.92. The Hall–Kier alpha value is -0.200. The molecule has 0 aliphatic carbocycles. The van der Waals surface area contributed by atoms with Gasteiger partial charge in [0.15, 0.2) is 0 Å². The number of aliphatic hydroxyl groups excluding tert-OH is 3. The molecule has 14 heavy (non-hydrogen) atoms. The van der Waals surface area contributed by atoms with Gasteiger partial charge in [0.05, 0.1) is 24.9 Å². The molecule has 0 saturated carbocycles. The summed E-state index contributed by atoms with van der Waals surface area (Å²) in [6.45, 7) is 4.04. The van der Waals surface area contributed by atoms with E-state index in [2.05, 4.69) is 0 Å². The van der Waals surface area contributed by atoms with Crippen LogP contribution in [-0.2, 0) is 4.74 Å². The van der Waals surface area contributed by atoms with Crippen LogP contribution in [0.2, 0.25) is 0 Å². The highest BCUT2D eigenvalue weighted by molar-refractivity contribution is 4.84. The van der Waals surface area contributed by atoms with Crippen molar-refractivity contribution in [2.24, 2.45) is 0 Å². The molecule has 1 heterocycles. The van der Waals surface area contributed by atoms with E-state index in [-0.39, 0.29) is 0 Å². The molecule has 0 amide bonds. The Kier molecular flexibility index (Phi) is 4.77. The van der Waals surface area contributed by atoms with Crippen LogP contribution >= 0.6 is 0 Å². The van der Waals surface area contributed by atoms with Gasteiger partial charge in [-0.1, -0.05) is 0 Å². The molecule has 3 atom stereocenters. The zero-order valence-corrected chi connectivity index (χ0v) is 8.46. The number of aliphatic hydroxyl groups is 3. The van der Waals surface area contributed by atoms with Crippen LogP contribution < -0.4 is 0 Å². The van der Waals surface area contributed by atoms with E-state index in [0.717, 1.165) is 0 Å². The first kappa shape index (κ1) is 11.9. The molecule has 1 saturated heterocycles. The zero-order chi connectivity index (χ0) is 10.6. The van der Waals surface area contributed by atoms with Crippen molar-refractivity contribution in [3.63, 3.8) is 0 Å². The fourth-order valence-corrected chi connectivity index (χ4v) is 1.60. The van der Waals surface area contributed by atoms with E-state index in [1.165, 1.54) is 0 Å². The molecule has 1 unspecified atom stereocenters. The third-order valence-electron chi connectivity index (χ3n) is 2.32. The lowest BCUT2D eigenvalue weighted by Gasteiger charge is -2.18. The van der Waals surface area contributed by atoms with E-state index in [9.17, 15) is 15.3 Å². The number of β-amino-alcohol motifs (C(OH)–C–C–N with tert-alkyl or cyclic N) is 3. The average molecular weight is 205 g/mol. The molecule has 0 spiro atoms. The first-order valence-electron chi connectivity index (χ1n) is 4.97. The molecule has 0 aromatic carbocycles. The first-order valence-corrected chi connectivity index (χ1v) is 4.97. The SMILES string of the molecule is CCOCC(O)CN1C[C@@H](O)[C@@H](O)C1. The summed E-state index contributed by atoms with van der Waals surface area (Å²) in [5.41, 5.74) is 0. The Bertz CT molecular complexity index is 157. The zero-order valence-electron chi connectivity index (χ0n) is 8.46. The Labute approximate surface area is 83.9 Å². The molecular formula is C9H19NO4. The van der Waals surface area contributed by atoms with Gasteiger partial charge in [-0.2, -0.15) is 0 Å². The normalized spacial score (nSPS) is 30.9. The number of likely N-dealkylation sites (tertiary alicyclic amines) is 1. The van der Waals surface area contributed by atoms with Gasteiger partial charge in [0.1, 0.15) is 0 Å². The van der Waals surface area contributed by atoms with Gasteiger partial charge in [0.2, 0.25) is 0 Å². The second kappa shape index (κ2) is 5.63. The Morgan fingerprint density at radius 1 is 1.36 bits per heavy atom. The number of rotatable bonds is 5. The van der Waals surface area contributed by atoms with Crippen LogP contribution in [0.25, 0.3) is 0 Å². The van der Waals surface area contributed by atoms with Gasteiger partial charge in [0, 0.05) is 26.2 Å². The van der Waals surface area contributed by atoms with Crippen LogP contribution in [0, 0.1) is 0 Å². The summed E-state index contributed by atoms with van der Waals surface area (Å²) in [4.78, 5) is 1.83. The summed E-state index contributed by atoms with van der Waals surface area (Å²) in [5.74, 6) is 0. The van der Waals surface area contributed by atoms with Gasteiger partial charge in [-0.05, 0) is 6.92 Å². The quantitative estimate of drug-likeness (QED) is 0.505. The molecule has 3 N–H and O–H groups in total. The van der Waals surface area contributed by atoms with Gasteiger partial charge in [0.25, 0.3) is 0 Å². The maximum Gasteiger partial charge on any atom is 0.0938 e. The van der Waals surface area contributed by atoms with Crippen molar-refractivity contribution in [3.8, 4) is 0 Å². The topological polar surface area (TPSA) is 73.2 Å². The van der Waals surface area contributed by atoms with Gasteiger partial charge < -0.3 is 20.1 Å². The van der Waals surface area contributed by atoms with Crippen molar-refractivity contribution >= 4 is 0 Å². The highest BCUT2D eigenvalue weighted by Gasteiger charge is 2.30. The van der Waals surface area contributed by atoms with Crippen LogP contribution in [0.1, 0.15) is 6.92 Å². The highest BCUT2D eigenvalue weighted by atomic mass is 16.5. The second-order valence-electron chi connectivity index (χ2n) is 3.67. The monoisotopic (exact) mass is 205 g/mol. The van der Waals surface area contributed by atoms with Crippen molar-refractivity contribution in [2.75, 3.05) is 32.8 Å². The lowest BCUT2D eigenvalue weighted by atomic mass is 10.3. The second-order valence-corrected chi connectivity index (χ2v) is 3.67. The molecule has 0 radical (unpaired) electrons. The first-order chi connectivity index (χ1) is 6.63. The molecule has 1 aliphatic rings. The van der Waals surface area contributed by atoms with E-state index >= 15 is 0 Å². The van der Waals surface area contributed by atoms with Gasteiger partial charge >= 0.3 is 0 Å². The van der Waals surface area contributed by atoms with Gasteiger partial charge in [-0.3, -0.25) is 4.90 Å². The summed E-state index contributed by atoms with van der Waals surface area (Å²) in [7, 11) is 0.